The summed E-state index contributed by atoms with van der Waals surface area (Å²) in [6.07, 6.45) is 2.54. The van der Waals surface area contributed by atoms with Gasteiger partial charge in [-0.1, -0.05) is 30.3 Å². The predicted molar refractivity (Wildman–Crippen MR) is 77.6 cm³/mol. The average molecular weight is 271 g/mol. The van der Waals surface area contributed by atoms with Crippen molar-refractivity contribution in [1.82, 2.24) is 9.97 Å². The molecule has 6 heteroatoms. The van der Waals surface area contributed by atoms with Crippen molar-refractivity contribution in [2.45, 2.75) is 18.4 Å². The van der Waals surface area contributed by atoms with E-state index in [1.165, 1.54) is 11.9 Å². The van der Waals surface area contributed by atoms with Crippen LogP contribution >= 0.6 is 0 Å². The van der Waals surface area contributed by atoms with Gasteiger partial charge in [0, 0.05) is 12.0 Å². The van der Waals surface area contributed by atoms with Crippen molar-refractivity contribution in [2.75, 3.05) is 17.9 Å². The number of nitrogens with two attached hydrogens (primary N) is 1. The molecule has 0 saturated heterocycles. The molecule has 2 atom stereocenters. The van der Waals surface area contributed by atoms with Crippen molar-refractivity contribution >= 4 is 11.6 Å². The molecule has 1 aliphatic carbocycles. The third kappa shape index (κ3) is 2.37. The molecule has 1 aromatic carbocycles. The Morgan fingerprint density at radius 2 is 1.95 bits per heavy atom. The molecule has 6 nitrogen and oxygen atoms in total. The van der Waals surface area contributed by atoms with Crippen LogP contribution in [0.15, 0.2) is 36.7 Å². The SMILES string of the molecule is COc1c(NN)ncnc1NC1CC1c1ccccc1. The smallest absolute Gasteiger partial charge is 0.205 e. The van der Waals surface area contributed by atoms with Gasteiger partial charge in [0.05, 0.1) is 7.11 Å². The molecule has 104 valence electrons. The van der Waals surface area contributed by atoms with Crippen molar-refractivity contribution in [1.29, 1.82) is 0 Å². The quantitative estimate of drug-likeness (QED) is 0.567. The van der Waals surface area contributed by atoms with Crippen molar-refractivity contribution in [3.05, 3.63) is 42.2 Å². The molecular weight excluding hydrogens is 254 g/mol. The van der Waals surface area contributed by atoms with Crippen LogP contribution in [0, 0.1) is 0 Å². The molecule has 20 heavy (non-hydrogen) atoms. The first kappa shape index (κ1) is 12.7. The normalized spacial score (nSPS) is 20.3. The van der Waals surface area contributed by atoms with Crippen LogP contribution in [0.25, 0.3) is 0 Å². The molecule has 1 heterocycles. The summed E-state index contributed by atoms with van der Waals surface area (Å²) in [5, 5.41) is 3.39. The third-order valence-corrected chi connectivity index (χ3v) is 3.48. The van der Waals surface area contributed by atoms with Gasteiger partial charge < -0.3 is 15.5 Å². The molecule has 0 radical (unpaired) electrons. The molecule has 1 saturated carbocycles. The molecule has 0 aliphatic heterocycles. The zero-order valence-corrected chi connectivity index (χ0v) is 11.2. The van der Waals surface area contributed by atoms with Gasteiger partial charge in [0.1, 0.15) is 6.33 Å². The number of anilines is 2. The molecule has 1 aliphatic rings. The van der Waals surface area contributed by atoms with E-state index in [2.05, 4.69) is 45.0 Å². The number of hydrogen-bond acceptors (Lipinski definition) is 6. The summed E-state index contributed by atoms with van der Waals surface area (Å²) in [4.78, 5) is 8.24. The molecule has 2 unspecified atom stereocenters. The van der Waals surface area contributed by atoms with Gasteiger partial charge in [0.2, 0.25) is 5.75 Å². The first-order valence-corrected chi connectivity index (χ1v) is 6.50. The van der Waals surface area contributed by atoms with E-state index in [1.54, 1.807) is 7.11 Å². The van der Waals surface area contributed by atoms with Crippen LogP contribution in [0.3, 0.4) is 0 Å². The molecule has 3 rings (SSSR count). The first-order chi connectivity index (χ1) is 9.83. The maximum absolute atomic E-state index is 5.41. The van der Waals surface area contributed by atoms with E-state index in [0.717, 1.165) is 6.42 Å². The maximum atomic E-state index is 5.41. The van der Waals surface area contributed by atoms with E-state index in [-0.39, 0.29) is 0 Å². The Hall–Kier alpha value is -2.34. The van der Waals surface area contributed by atoms with E-state index in [0.29, 0.717) is 29.3 Å². The van der Waals surface area contributed by atoms with Crippen molar-refractivity contribution in [3.63, 3.8) is 0 Å². The summed E-state index contributed by atoms with van der Waals surface area (Å²) >= 11 is 0. The third-order valence-electron chi connectivity index (χ3n) is 3.48. The standard InChI is InChI=1S/C14H17N5O/c1-20-12-13(16-8-17-14(12)19-15)18-11-7-10(11)9-5-3-2-4-6-9/h2-6,8,10-11H,7,15H2,1H3,(H2,16,17,18,19). The predicted octanol–water partition coefficient (Wildman–Crippen LogP) is 1.74. The lowest BCUT2D eigenvalue weighted by Crippen LogP contribution is -2.13. The van der Waals surface area contributed by atoms with Crippen LogP contribution in [0.5, 0.6) is 5.75 Å². The fourth-order valence-corrected chi connectivity index (χ4v) is 2.37. The van der Waals surface area contributed by atoms with Crippen LogP contribution in [-0.4, -0.2) is 23.1 Å². The molecule has 0 spiro atoms. The van der Waals surface area contributed by atoms with Crippen LogP contribution in [0.2, 0.25) is 0 Å². The zero-order chi connectivity index (χ0) is 13.9. The van der Waals surface area contributed by atoms with Crippen molar-refractivity contribution in [2.24, 2.45) is 5.84 Å². The number of aromatic nitrogens is 2. The topological polar surface area (TPSA) is 85.1 Å². The fraction of sp³-hybridized carbons (Fsp3) is 0.286. The Kier molecular flexibility index (Phi) is 3.39. The monoisotopic (exact) mass is 271 g/mol. The Balaban J connectivity index is 1.74. The minimum Gasteiger partial charge on any atom is -0.490 e. The highest BCUT2D eigenvalue weighted by atomic mass is 16.5. The van der Waals surface area contributed by atoms with E-state index in [4.69, 9.17) is 10.6 Å². The molecule has 2 aromatic rings. The van der Waals surface area contributed by atoms with Gasteiger partial charge in [-0.15, -0.1) is 0 Å². The average Bonchev–Trinajstić information content (AvgIpc) is 3.27. The number of hydrogen-bond donors (Lipinski definition) is 3. The summed E-state index contributed by atoms with van der Waals surface area (Å²) in [6.45, 7) is 0. The number of nitrogens with zero attached hydrogens (tertiary/aromatic N) is 2. The highest BCUT2D eigenvalue weighted by Crippen LogP contribution is 2.44. The van der Waals surface area contributed by atoms with Gasteiger partial charge in [-0.05, 0) is 12.0 Å². The minimum absolute atomic E-state index is 0.367. The van der Waals surface area contributed by atoms with Crippen LogP contribution < -0.4 is 21.3 Å². The molecule has 0 amide bonds. The number of rotatable bonds is 5. The fourth-order valence-electron chi connectivity index (χ4n) is 2.37. The Bertz CT molecular complexity index is 589. The minimum atomic E-state index is 0.367. The Morgan fingerprint density at radius 3 is 2.65 bits per heavy atom. The van der Waals surface area contributed by atoms with Crippen LogP contribution in [0.1, 0.15) is 17.9 Å². The number of nitrogen functional groups attached to an aromatic ring is 1. The van der Waals surface area contributed by atoms with E-state index in [1.807, 2.05) is 6.07 Å². The lowest BCUT2D eigenvalue weighted by molar-refractivity contribution is 0.414. The van der Waals surface area contributed by atoms with Gasteiger partial charge in [0.25, 0.3) is 0 Å². The first-order valence-electron chi connectivity index (χ1n) is 6.50. The molecule has 4 N–H and O–H groups in total. The molecule has 0 bridgehead atoms. The number of benzene rings is 1. The second-order valence-electron chi connectivity index (χ2n) is 4.75. The molecule has 1 aromatic heterocycles. The van der Waals surface area contributed by atoms with E-state index in [9.17, 15) is 0 Å². The van der Waals surface area contributed by atoms with Gasteiger partial charge >= 0.3 is 0 Å². The van der Waals surface area contributed by atoms with Crippen molar-refractivity contribution < 1.29 is 4.74 Å². The van der Waals surface area contributed by atoms with Gasteiger partial charge in [0.15, 0.2) is 11.6 Å². The van der Waals surface area contributed by atoms with Gasteiger partial charge in [-0.25, -0.2) is 15.8 Å². The number of methoxy groups -OCH3 is 1. The summed E-state index contributed by atoms with van der Waals surface area (Å²) in [5.41, 5.74) is 3.85. The lowest BCUT2D eigenvalue weighted by Gasteiger charge is -2.12. The summed E-state index contributed by atoms with van der Waals surface area (Å²) in [6, 6.07) is 10.8. The lowest BCUT2D eigenvalue weighted by atomic mass is 10.1. The highest BCUT2D eigenvalue weighted by molar-refractivity contribution is 5.64. The zero-order valence-electron chi connectivity index (χ0n) is 11.2. The summed E-state index contributed by atoms with van der Waals surface area (Å²) in [7, 11) is 1.58. The Labute approximate surface area is 117 Å². The number of ether oxygens (including phenoxy) is 1. The van der Waals surface area contributed by atoms with E-state index < -0.39 is 0 Å². The van der Waals surface area contributed by atoms with Gasteiger partial charge in [-0.2, -0.15) is 0 Å². The van der Waals surface area contributed by atoms with Crippen LogP contribution in [0.4, 0.5) is 11.6 Å². The molecular formula is C14H17N5O. The highest BCUT2D eigenvalue weighted by Gasteiger charge is 2.39. The van der Waals surface area contributed by atoms with Crippen molar-refractivity contribution in [3.8, 4) is 5.75 Å². The summed E-state index contributed by atoms with van der Waals surface area (Å²) in [5.74, 6) is 7.61. The maximum Gasteiger partial charge on any atom is 0.205 e. The number of nitrogens with one attached hydrogen (secondary N) is 2. The Morgan fingerprint density at radius 1 is 1.20 bits per heavy atom. The van der Waals surface area contributed by atoms with E-state index >= 15 is 0 Å². The summed E-state index contributed by atoms with van der Waals surface area (Å²) < 4.78 is 5.31. The van der Waals surface area contributed by atoms with Crippen LogP contribution in [-0.2, 0) is 0 Å². The second-order valence-corrected chi connectivity index (χ2v) is 4.75. The second kappa shape index (κ2) is 5.34. The molecule has 1 fully saturated rings. The largest absolute Gasteiger partial charge is 0.490 e. The number of hydrazine groups is 1. The van der Waals surface area contributed by atoms with Gasteiger partial charge in [-0.3, -0.25) is 0 Å².